The molecule has 2 heterocycles. The molecule has 0 aromatic carbocycles. The smallest absolute Gasteiger partial charge is 0.191 e. The van der Waals surface area contributed by atoms with E-state index < -0.39 is 0 Å². The van der Waals surface area contributed by atoms with E-state index in [-0.39, 0.29) is 0 Å². The molecule has 88 valence electrons. The van der Waals surface area contributed by atoms with Crippen molar-refractivity contribution >= 4 is 17.3 Å². The Bertz CT molecular complexity index is 339. The van der Waals surface area contributed by atoms with Crippen LogP contribution in [0.3, 0.4) is 0 Å². The molecule has 4 nitrogen and oxygen atoms in total. The van der Waals surface area contributed by atoms with Gasteiger partial charge in [0.15, 0.2) is 5.96 Å². The van der Waals surface area contributed by atoms with Gasteiger partial charge in [-0.05, 0) is 18.8 Å². The molecule has 0 bridgehead atoms. The second kappa shape index (κ2) is 5.30. The summed E-state index contributed by atoms with van der Waals surface area (Å²) in [7, 11) is 0. The van der Waals surface area contributed by atoms with E-state index >= 15 is 0 Å². The molecule has 1 saturated heterocycles. The van der Waals surface area contributed by atoms with Gasteiger partial charge in [-0.1, -0.05) is 6.92 Å². The first kappa shape index (κ1) is 11.4. The predicted octanol–water partition coefficient (Wildman–Crippen LogP) is 1.69. The lowest BCUT2D eigenvalue weighted by molar-refractivity contribution is 0.277. The fourth-order valence-electron chi connectivity index (χ4n) is 1.82. The van der Waals surface area contributed by atoms with Crippen LogP contribution >= 0.6 is 11.3 Å². The SMILES string of the molecule is CC1CCN(C(N)=NCc2cscn2)CC1. The summed E-state index contributed by atoms with van der Waals surface area (Å²) in [6.45, 7) is 4.96. The van der Waals surface area contributed by atoms with E-state index in [0.29, 0.717) is 12.5 Å². The Morgan fingerprint density at radius 2 is 2.38 bits per heavy atom. The molecule has 0 spiro atoms. The lowest BCUT2D eigenvalue weighted by Crippen LogP contribution is -2.42. The van der Waals surface area contributed by atoms with Crippen LogP contribution in [0.2, 0.25) is 0 Å². The zero-order chi connectivity index (χ0) is 11.4. The van der Waals surface area contributed by atoms with Gasteiger partial charge in [0.25, 0.3) is 0 Å². The average molecular weight is 238 g/mol. The van der Waals surface area contributed by atoms with Gasteiger partial charge in [-0.15, -0.1) is 11.3 Å². The minimum atomic E-state index is 0.599. The van der Waals surface area contributed by atoms with Crippen molar-refractivity contribution in [2.75, 3.05) is 13.1 Å². The summed E-state index contributed by atoms with van der Waals surface area (Å²) in [5.74, 6) is 1.49. The predicted molar refractivity (Wildman–Crippen MR) is 67.4 cm³/mol. The Balaban J connectivity index is 1.86. The molecule has 16 heavy (non-hydrogen) atoms. The van der Waals surface area contributed by atoms with Crippen molar-refractivity contribution in [3.8, 4) is 0 Å². The van der Waals surface area contributed by atoms with E-state index in [9.17, 15) is 0 Å². The molecule has 0 atom stereocenters. The number of aromatic nitrogens is 1. The molecule has 0 unspecified atom stereocenters. The largest absolute Gasteiger partial charge is 0.370 e. The lowest BCUT2D eigenvalue weighted by Gasteiger charge is -2.30. The van der Waals surface area contributed by atoms with Crippen molar-refractivity contribution in [1.29, 1.82) is 0 Å². The van der Waals surface area contributed by atoms with Gasteiger partial charge in [-0.2, -0.15) is 0 Å². The first-order chi connectivity index (χ1) is 7.75. The number of rotatable bonds is 2. The van der Waals surface area contributed by atoms with E-state index in [1.807, 2.05) is 10.9 Å². The maximum Gasteiger partial charge on any atom is 0.191 e. The molecular weight excluding hydrogens is 220 g/mol. The highest BCUT2D eigenvalue weighted by Gasteiger charge is 2.16. The minimum Gasteiger partial charge on any atom is -0.370 e. The quantitative estimate of drug-likeness (QED) is 0.630. The molecule has 1 fully saturated rings. The van der Waals surface area contributed by atoms with E-state index in [0.717, 1.165) is 24.7 Å². The van der Waals surface area contributed by atoms with Gasteiger partial charge in [-0.25, -0.2) is 9.98 Å². The Labute approximate surface area is 100 Å². The second-order valence-corrected chi connectivity index (χ2v) is 5.04. The van der Waals surface area contributed by atoms with E-state index in [4.69, 9.17) is 5.73 Å². The third-order valence-electron chi connectivity index (χ3n) is 2.99. The van der Waals surface area contributed by atoms with Gasteiger partial charge >= 0.3 is 0 Å². The maximum absolute atomic E-state index is 5.96. The zero-order valence-electron chi connectivity index (χ0n) is 9.59. The molecule has 2 rings (SSSR count). The molecule has 0 saturated carbocycles. The van der Waals surface area contributed by atoms with Crippen LogP contribution in [0.5, 0.6) is 0 Å². The van der Waals surface area contributed by atoms with Crippen molar-refractivity contribution in [2.24, 2.45) is 16.6 Å². The Morgan fingerprint density at radius 1 is 1.62 bits per heavy atom. The highest BCUT2D eigenvalue weighted by molar-refractivity contribution is 7.07. The summed E-state index contributed by atoms with van der Waals surface area (Å²) in [6, 6.07) is 0. The van der Waals surface area contributed by atoms with Crippen LogP contribution in [0.4, 0.5) is 0 Å². The van der Waals surface area contributed by atoms with Crippen molar-refractivity contribution in [1.82, 2.24) is 9.88 Å². The van der Waals surface area contributed by atoms with Crippen LogP contribution in [-0.4, -0.2) is 28.9 Å². The fraction of sp³-hybridized carbons (Fsp3) is 0.636. The summed E-state index contributed by atoms with van der Waals surface area (Å²) in [5, 5.41) is 2.01. The molecule has 2 N–H and O–H groups in total. The number of hydrogen-bond donors (Lipinski definition) is 1. The van der Waals surface area contributed by atoms with Gasteiger partial charge in [0.05, 0.1) is 17.7 Å². The third kappa shape index (κ3) is 2.95. The van der Waals surface area contributed by atoms with Gasteiger partial charge in [0.2, 0.25) is 0 Å². The molecule has 1 aliphatic rings. The Kier molecular flexibility index (Phi) is 3.77. The third-order valence-corrected chi connectivity index (χ3v) is 3.63. The minimum absolute atomic E-state index is 0.599. The number of thiazole rings is 1. The van der Waals surface area contributed by atoms with Crippen molar-refractivity contribution in [3.05, 3.63) is 16.6 Å². The number of hydrogen-bond acceptors (Lipinski definition) is 3. The lowest BCUT2D eigenvalue weighted by atomic mass is 10.00. The number of piperidine rings is 1. The highest BCUT2D eigenvalue weighted by atomic mass is 32.1. The van der Waals surface area contributed by atoms with Gasteiger partial charge in [0.1, 0.15) is 0 Å². The topological polar surface area (TPSA) is 54.5 Å². The standard InChI is InChI=1S/C11H18N4S/c1-9-2-4-15(5-3-9)11(12)13-6-10-7-16-8-14-10/h7-9H,2-6H2,1H3,(H2,12,13). The second-order valence-electron chi connectivity index (χ2n) is 4.32. The normalized spacial score (nSPS) is 19.1. The molecule has 0 aliphatic carbocycles. The maximum atomic E-state index is 5.96. The summed E-state index contributed by atoms with van der Waals surface area (Å²) >= 11 is 1.59. The van der Waals surface area contributed by atoms with Crippen LogP contribution in [0.1, 0.15) is 25.5 Å². The van der Waals surface area contributed by atoms with Crippen LogP contribution in [0.25, 0.3) is 0 Å². The molecule has 0 amide bonds. The molecule has 5 heteroatoms. The number of likely N-dealkylation sites (tertiary alicyclic amines) is 1. The van der Waals surface area contributed by atoms with E-state index in [1.54, 1.807) is 11.3 Å². The first-order valence-electron chi connectivity index (χ1n) is 5.67. The summed E-state index contributed by atoms with van der Waals surface area (Å²) in [6.07, 6.45) is 2.43. The number of aliphatic imine (C=N–C) groups is 1. The van der Waals surface area contributed by atoms with E-state index in [2.05, 4.69) is 21.8 Å². The van der Waals surface area contributed by atoms with Crippen LogP contribution in [0, 0.1) is 5.92 Å². The fourth-order valence-corrected chi connectivity index (χ4v) is 2.36. The Morgan fingerprint density at radius 3 is 3.00 bits per heavy atom. The molecular formula is C11H18N4S. The van der Waals surface area contributed by atoms with Gasteiger partial charge < -0.3 is 10.6 Å². The Hall–Kier alpha value is -1.10. The summed E-state index contributed by atoms with van der Waals surface area (Å²) in [5.41, 5.74) is 8.78. The molecule has 1 aromatic rings. The van der Waals surface area contributed by atoms with E-state index in [1.165, 1.54) is 12.8 Å². The van der Waals surface area contributed by atoms with Crippen LogP contribution in [-0.2, 0) is 6.54 Å². The van der Waals surface area contributed by atoms with Crippen LogP contribution < -0.4 is 5.73 Å². The van der Waals surface area contributed by atoms with Crippen molar-refractivity contribution in [3.63, 3.8) is 0 Å². The summed E-state index contributed by atoms with van der Waals surface area (Å²) in [4.78, 5) is 10.7. The average Bonchev–Trinajstić information content (AvgIpc) is 2.80. The van der Waals surface area contributed by atoms with Crippen LogP contribution in [0.15, 0.2) is 15.9 Å². The monoisotopic (exact) mass is 238 g/mol. The molecule has 1 aliphatic heterocycles. The molecule has 1 aromatic heterocycles. The number of nitrogens with two attached hydrogens (primary N) is 1. The number of guanidine groups is 1. The first-order valence-corrected chi connectivity index (χ1v) is 6.62. The number of nitrogens with zero attached hydrogens (tertiary/aromatic N) is 3. The van der Waals surface area contributed by atoms with Gasteiger partial charge in [0, 0.05) is 18.5 Å². The van der Waals surface area contributed by atoms with Crippen molar-refractivity contribution in [2.45, 2.75) is 26.3 Å². The zero-order valence-corrected chi connectivity index (χ0v) is 10.4. The highest BCUT2D eigenvalue weighted by Crippen LogP contribution is 2.15. The summed E-state index contributed by atoms with van der Waals surface area (Å²) < 4.78 is 0. The van der Waals surface area contributed by atoms with Gasteiger partial charge in [-0.3, -0.25) is 0 Å². The van der Waals surface area contributed by atoms with Crippen molar-refractivity contribution < 1.29 is 0 Å². The molecule has 0 radical (unpaired) electrons.